The molecule has 2 aromatic carbocycles. The standard InChI is InChI=1S/C41H49ClFN5O5/c1-24-35(25(2)45(6)44-24)36-32(42)15-14-31-30(10-8-20-52-34-11-7-9-26-21-28(43)12-13-29(26)34)38(39(49)50)48(37(31)36)19-18-46-17-16-27-22-47(23-33(27)46)40(51)53-41(3,4)5/h7,9,11-15,21,27,31,33,37H,8,10,16-20,22-23H2,1-6H3,(H,49,50). The molecule has 1 N–H and O–H groups in total. The third-order valence-corrected chi connectivity index (χ3v) is 11.6. The summed E-state index contributed by atoms with van der Waals surface area (Å²) >= 11 is 7.08. The molecule has 53 heavy (non-hydrogen) atoms. The molecule has 1 amide bonds. The number of halogens is 2. The van der Waals surface area contributed by atoms with Gasteiger partial charge in [-0.25, -0.2) is 14.0 Å². The van der Waals surface area contributed by atoms with E-state index in [0.717, 1.165) is 51.8 Å². The van der Waals surface area contributed by atoms with E-state index in [4.69, 9.17) is 26.2 Å². The average molecular weight is 746 g/mol. The van der Waals surface area contributed by atoms with Crippen molar-refractivity contribution in [1.29, 1.82) is 0 Å². The van der Waals surface area contributed by atoms with E-state index < -0.39 is 11.6 Å². The number of carbonyl (C=O) groups excluding carboxylic acids is 1. The molecule has 7 rings (SSSR count). The number of aliphatic carboxylic acids is 1. The Morgan fingerprint density at radius 2 is 1.91 bits per heavy atom. The monoisotopic (exact) mass is 745 g/mol. The van der Waals surface area contributed by atoms with Gasteiger partial charge in [0, 0.05) is 72.4 Å². The third-order valence-electron chi connectivity index (χ3n) is 11.2. The van der Waals surface area contributed by atoms with Gasteiger partial charge in [-0.1, -0.05) is 29.8 Å². The zero-order valence-electron chi connectivity index (χ0n) is 31.4. The molecular formula is C41H49ClFN5O5. The van der Waals surface area contributed by atoms with Crippen LogP contribution in [0.2, 0.25) is 0 Å². The van der Waals surface area contributed by atoms with Gasteiger partial charge < -0.3 is 24.4 Å². The van der Waals surface area contributed by atoms with Gasteiger partial charge in [0.15, 0.2) is 0 Å². The molecule has 4 atom stereocenters. The van der Waals surface area contributed by atoms with Crippen LogP contribution in [0.25, 0.3) is 16.3 Å². The summed E-state index contributed by atoms with van der Waals surface area (Å²) in [5.74, 6) is -0.462. The number of nitrogens with zero attached hydrogens (tertiary/aromatic N) is 5. The quantitative estimate of drug-likeness (QED) is 0.216. The van der Waals surface area contributed by atoms with Crippen LogP contribution in [0.15, 0.2) is 64.9 Å². The second-order valence-electron chi connectivity index (χ2n) is 15.7. The summed E-state index contributed by atoms with van der Waals surface area (Å²) in [4.78, 5) is 32.6. The molecule has 3 aromatic rings. The maximum atomic E-state index is 13.9. The number of carboxylic acid groups (broad SMARTS) is 1. The SMILES string of the molecule is Cc1nn(C)c(C)c1C1=C(Cl)C=CC2C(CCCOc3cccc4cc(F)ccc34)=C(C(=O)O)N(CCN3CCC4CN(C(=O)OC(C)(C)C)CC43)C12. The molecule has 4 unspecified atom stereocenters. The lowest BCUT2D eigenvalue weighted by Crippen LogP contribution is -2.45. The van der Waals surface area contributed by atoms with E-state index in [1.54, 1.807) is 6.07 Å². The number of rotatable bonds is 10. The van der Waals surface area contributed by atoms with Crippen molar-refractivity contribution in [3.63, 3.8) is 0 Å². The summed E-state index contributed by atoms with van der Waals surface area (Å²) in [6.45, 7) is 13.3. The normalized spacial score (nSPS) is 23.0. The first-order chi connectivity index (χ1) is 25.2. The summed E-state index contributed by atoms with van der Waals surface area (Å²) in [6, 6.07) is 10.1. The number of likely N-dealkylation sites (tertiary alicyclic amines) is 2. The molecule has 3 aliphatic heterocycles. The summed E-state index contributed by atoms with van der Waals surface area (Å²) in [7, 11) is 1.91. The highest BCUT2D eigenvalue weighted by atomic mass is 35.5. The molecule has 0 radical (unpaired) electrons. The molecule has 0 spiro atoms. The molecule has 1 aliphatic carbocycles. The van der Waals surface area contributed by atoms with Gasteiger partial charge in [-0.15, -0.1) is 0 Å². The number of benzene rings is 2. The first-order valence-corrected chi connectivity index (χ1v) is 18.9. The molecule has 10 nitrogen and oxygen atoms in total. The molecular weight excluding hydrogens is 697 g/mol. The molecule has 4 aliphatic rings. The fourth-order valence-corrected chi connectivity index (χ4v) is 9.18. The smallest absolute Gasteiger partial charge is 0.410 e. The van der Waals surface area contributed by atoms with Crippen LogP contribution in [-0.4, -0.2) is 98.7 Å². The van der Waals surface area contributed by atoms with Crippen LogP contribution in [0.5, 0.6) is 5.75 Å². The van der Waals surface area contributed by atoms with Crippen molar-refractivity contribution < 1.29 is 28.6 Å². The number of amides is 1. The van der Waals surface area contributed by atoms with Gasteiger partial charge in [0.05, 0.1) is 18.3 Å². The highest BCUT2D eigenvalue weighted by Gasteiger charge is 2.48. The first kappa shape index (κ1) is 37.0. The van der Waals surface area contributed by atoms with Gasteiger partial charge in [-0.05, 0) is 108 Å². The summed E-state index contributed by atoms with van der Waals surface area (Å²) in [5, 5.41) is 17.8. The zero-order chi connectivity index (χ0) is 37.8. The largest absolute Gasteiger partial charge is 0.493 e. The second kappa shape index (κ2) is 14.5. The van der Waals surface area contributed by atoms with Crippen molar-refractivity contribution in [2.75, 3.05) is 39.3 Å². The number of hydrogen-bond acceptors (Lipinski definition) is 7. The van der Waals surface area contributed by atoms with Crippen molar-refractivity contribution in [2.24, 2.45) is 18.9 Å². The minimum atomic E-state index is -0.967. The Morgan fingerprint density at radius 1 is 1.11 bits per heavy atom. The minimum absolute atomic E-state index is 0.188. The van der Waals surface area contributed by atoms with Crippen molar-refractivity contribution in [3.05, 3.63) is 87.6 Å². The molecule has 12 heteroatoms. The van der Waals surface area contributed by atoms with Gasteiger partial charge in [-0.2, -0.15) is 5.10 Å². The number of fused-ring (bicyclic) bond motifs is 3. The molecule has 1 aromatic heterocycles. The maximum absolute atomic E-state index is 13.9. The van der Waals surface area contributed by atoms with E-state index in [9.17, 15) is 19.1 Å². The summed E-state index contributed by atoms with van der Waals surface area (Å²) < 4.78 is 27.6. The van der Waals surface area contributed by atoms with Crippen LogP contribution in [0, 0.1) is 31.5 Å². The van der Waals surface area contributed by atoms with Crippen molar-refractivity contribution >= 4 is 40.0 Å². The van der Waals surface area contributed by atoms with Crippen LogP contribution in [0.1, 0.15) is 57.0 Å². The van der Waals surface area contributed by atoms with E-state index in [1.165, 1.54) is 12.1 Å². The predicted octanol–water partition coefficient (Wildman–Crippen LogP) is 7.29. The van der Waals surface area contributed by atoms with Crippen LogP contribution in [-0.2, 0) is 16.6 Å². The first-order valence-electron chi connectivity index (χ1n) is 18.6. The topological polar surface area (TPSA) is 100 Å². The fraction of sp³-hybridized carbons (Fsp3) is 0.488. The molecule has 282 valence electrons. The van der Waals surface area contributed by atoms with E-state index in [2.05, 4.69) is 15.9 Å². The van der Waals surface area contributed by atoms with Gasteiger partial charge in [0.2, 0.25) is 0 Å². The van der Waals surface area contributed by atoms with Crippen molar-refractivity contribution in [3.8, 4) is 5.75 Å². The molecule has 0 saturated carbocycles. The van der Waals surface area contributed by atoms with Crippen molar-refractivity contribution in [1.82, 2.24) is 24.5 Å². The lowest BCUT2D eigenvalue weighted by molar-refractivity contribution is -0.134. The van der Waals surface area contributed by atoms with Crippen LogP contribution < -0.4 is 4.74 Å². The predicted molar refractivity (Wildman–Crippen MR) is 203 cm³/mol. The molecule has 0 bridgehead atoms. The van der Waals surface area contributed by atoms with Gasteiger partial charge >= 0.3 is 12.1 Å². The molecule has 2 saturated heterocycles. The Labute approximate surface area is 315 Å². The summed E-state index contributed by atoms with van der Waals surface area (Å²) in [6.07, 6.45) is 5.75. The number of carbonyl (C=O) groups is 2. The Balaban J connectivity index is 1.15. The van der Waals surface area contributed by atoms with Gasteiger partial charge in [0.1, 0.15) is 22.9 Å². The number of aromatic nitrogens is 2. The number of ether oxygens (including phenoxy) is 2. The average Bonchev–Trinajstić information content (AvgIpc) is 3.82. The fourth-order valence-electron chi connectivity index (χ4n) is 8.90. The maximum Gasteiger partial charge on any atom is 0.410 e. The molecule has 4 heterocycles. The van der Waals surface area contributed by atoms with Gasteiger partial charge in [-0.3, -0.25) is 9.58 Å². The van der Waals surface area contributed by atoms with E-state index in [1.807, 2.05) is 75.5 Å². The zero-order valence-corrected chi connectivity index (χ0v) is 32.1. The number of allylic oxidation sites excluding steroid dienone is 2. The van der Waals surface area contributed by atoms with E-state index >= 15 is 0 Å². The molecule has 2 fully saturated rings. The Kier molecular flexibility index (Phi) is 10.1. The third kappa shape index (κ3) is 7.17. The number of aryl methyl sites for hydroxylation is 2. The minimum Gasteiger partial charge on any atom is -0.493 e. The lowest BCUT2D eigenvalue weighted by atomic mass is 9.80. The van der Waals surface area contributed by atoms with E-state index in [0.29, 0.717) is 68.0 Å². The van der Waals surface area contributed by atoms with Crippen LogP contribution >= 0.6 is 11.6 Å². The van der Waals surface area contributed by atoms with E-state index in [-0.39, 0.29) is 29.9 Å². The lowest BCUT2D eigenvalue weighted by Gasteiger charge is -2.37. The Bertz CT molecular complexity index is 2030. The highest BCUT2D eigenvalue weighted by Crippen LogP contribution is 2.49. The Hall–Kier alpha value is -4.35. The van der Waals surface area contributed by atoms with Crippen LogP contribution in [0.3, 0.4) is 0 Å². The Morgan fingerprint density at radius 3 is 2.62 bits per heavy atom. The van der Waals surface area contributed by atoms with Gasteiger partial charge in [0.25, 0.3) is 0 Å². The summed E-state index contributed by atoms with van der Waals surface area (Å²) in [5.41, 5.74) is 4.25. The second-order valence-corrected chi connectivity index (χ2v) is 16.2. The highest BCUT2D eigenvalue weighted by molar-refractivity contribution is 6.35. The van der Waals surface area contributed by atoms with Crippen molar-refractivity contribution in [2.45, 2.75) is 71.6 Å². The van der Waals surface area contributed by atoms with Crippen LogP contribution in [0.4, 0.5) is 9.18 Å². The number of hydrogen-bond donors (Lipinski definition) is 1. The number of carboxylic acids is 1.